The summed E-state index contributed by atoms with van der Waals surface area (Å²) >= 11 is 0. The number of esters is 1. The number of benzene rings is 1. The summed E-state index contributed by atoms with van der Waals surface area (Å²) in [5.41, 5.74) is 1.02. The van der Waals surface area contributed by atoms with E-state index in [0.29, 0.717) is 11.1 Å². The van der Waals surface area contributed by atoms with E-state index in [4.69, 9.17) is 0 Å². The van der Waals surface area contributed by atoms with Crippen molar-refractivity contribution in [1.29, 1.82) is 0 Å². The Kier molecular flexibility index (Phi) is 3.65. The summed E-state index contributed by atoms with van der Waals surface area (Å²) in [7, 11) is 1.29. The highest BCUT2D eigenvalue weighted by Gasteiger charge is 2.08. The van der Waals surface area contributed by atoms with Gasteiger partial charge < -0.3 is 4.74 Å². The van der Waals surface area contributed by atoms with E-state index in [1.807, 2.05) is 6.07 Å². The highest BCUT2D eigenvalue weighted by Crippen LogP contribution is 2.14. The topological polar surface area (TPSA) is 43.4 Å². The van der Waals surface area contributed by atoms with Gasteiger partial charge in [0.2, 0.25) is 0 Å². The zero-order chi connectivity index (χ0) is 10.4. The van der Waals surface area contributed by atoms with Crippen LogP contribution in [0.3, 0.4) is 0 Å². The van der Waals surface area contributed by atoms with Crippen molar-refractivity contribution in [3.63, 3.8) is 0 Å². The quantitative estimate of drug-likeness (QED) is 0.535. The summed E-state index contributed by atoms with van der Waals surface area (Å²) in [5.74, 6) is 1.31. The first-order valence-electron chi connectivity index (χ1n) is 4.14. The van der Waals surface area contributed by atoms with Gasteiger partial charge in [-0.1, -0.05) is 30.3 Å². The van der Waals surface area contributed by atoms with Crippen LogP contribution in [-0.2, 0) is 14.3 Å². The Morgan fingerprint density at radius 2 is 2.00 bits per heavy atom. The van der Waals surface area contributed by atoms with Gasteiger partial charge in [0.25, 0.3) is 0 Å². The molecule has 0 N–H and O–H groups in total. The van der Waals surface area contributed by atoms with E-state index in [2.05, 4.69) is 4.74 Å². The first-order chi connectivity index (χ1) is 6.77. The molecule has 1 aromatic carbocycles. The van der Waals surface area contributed by atoms with Gasteiger partial charge in [0.1, 0.15) is 5.94 Å². The fraction of sp³-hybridized carbons (Fsp3) is 0.182. The lowest BCUT2D eigenvalue weighted by Gasteiger charge is -2.01. The minimum absolute atomic E-state index is 0.0377. The molecule has 0 fully saturated rings. The Morgan fingerprint density at radius 1 is 1.36 bits per heavy atom. The van der Waals surface area contributed by atoms with Crippen LogP contribution in [-0.4, -0.2) is 19.0 Å². The SMILES string of the molecule is COC(=O)CC(=C=O)c1ccccc1. The maximum absolute atomic E-state index is 10.9. The predicted molar refractivity (Wildman–Crippen MR) is 52.2 cm³/mol. The van der Waals surface area contributed by atoms with Crippen LogP contribution < -0.4 is 0 Å². The van der Waals surface area contributed by atoms with E-state index in [9.17, 15) is 9.59 Å². The third kappa shape index (κ3) is 2.57. The molecule has 14 heavy (non-hydrogen) atoms. The highest BCUT2D eigenvalue weighted by molar-refractivity contribution is 5.96. The molecule has 3 heteroatoms. The van der Waals surface area contributed by atoms with Gasteiger partial charge in [0.15, 0.2) is 0 Å². The zero-order valence-electron chi connectivity index (χ0n) is 7.82. The molecule has 0 heterocycles. The van der Waals surface area contributed by atoms with Gasteiger partial charge in [-0.05, 0) is 5.56 Å². The summed E-state index contributed by atoms with van der Waals surface area (Å²) in [6, 6.07) is 8.93. The molecule has 0 spiro atoms. The fourth-order valence-electron chi connectivity index (χ4n) is 1.05. The molecule has 0 unspecified atom stereocenters. The molecule has 0 radical (unpaired) electrons. The molecule has 1 rings (SSSR count). The smallest absolute Gasteiger partial charge is 0.310 e. The van der Waals surface area contributed by atoms with Crippen molar-refractivity contribution >= 4 is 17.5 Å². The van der Waals surface area contributed by atoms with Gasteiger partial charge in [0, 0.05) is 0 Å². The number of carbonyl (C=O) groups excluding carboxylic acids is 2. The maximum Gasteiger partial charge on any atom is 0.310 e. The van der Waals surface area contributed by atoms with E-state index in [-0.39, 0.29) is 6.42 Å². The van der Waals surface area contributed by atoms with Crippen LogP contribution in [0.15, 0.2) is 30.3 Å². The molecule has 0 saturated heterocycles. The molecule has 0 saturated carbocycles. The number of hydrogen-bond donors (Lipinski definition) is 0. The van der Waals surface area contributed by atoms with E-state index < -0.39 is 5.97 Å². The zero-order valence-corrected chi connectivity index (χ0v) is 7.82. The first kappa shape index (κ1) is 10.2. The Morgan fingerprint density at radius 3 is 2.50 bits per heavy atom. The second-order valence-electron chi connectivity index (χ2n) is 2.70. The second kappa shape index (κ2) is 5.00. The maximum atomic E-state index is 10.9. The van der Waals surface area contributed by atoms with Crippen LogP contribution in [0.5, 0.6) is 0 Å². The summed E-state index contributed by atoms with van der Waals surface area (Å²) in [6.45, 7) is 0. The lowest BCUT2D eigenvalue weighted by molar-refractivity contribution is -0.139. The van der Waals surface area contributed by atoms with Crippen LogP contribution >= 0.6 is 0 Å². The molecule has 0 amide bonds. The van der Waals surface area contributed by atoms with E-state index in [0.717, 1.165) is 0 Å². The standard InChI is InChI=1S/C11H10O3/c1-14-11(13)7-10(8-12)9-5-3-2-4-6-9/h2-6H,7H2,1H3. The monoisotopic (exact) mass is 190 g/mol. The van der Waals surface area contributed by atoms with Crippen LogP contribution in [0.25, 0.3) is 5.57 Å². The molecule has 0 bridgehead atoms. The van der Waals surface area contributed by atoms with Crippen molar-refractivity contribution in [2.24, 2.45) is 0 Å². The van der Waals surface area contributed by atoms with Crippen LogP contribution in [0.1, 0.15) is 12.0 Å². The highest BCUT2D eigenvalue weighted by atomic mass is 16.5. The van der Waals surface area contributed by atoms with Crippen molar-refractivity contribution in [1.82, 2.24) is 0 Å². The third-order valence-electron chi connectivity index (χ3n) is 1.79. The van der Waals surface area contributed by atoms with Crippen molar-refractivity contribution in [3.8, 4) is 0 Å². The summed E-state index contributed by atoms with van der Waals surface area (Å²) in [6.07, 6.45) is -0.0377. The Hall–Kier alpha value is -1.86. The minimum atomic E-state index is -0.438. The molecule has 0 aliphatic heterocycles. The van der Waals surface area contributed by atoms with E-state index in [1.54, 1.807) is 30.2 Å². The van der Waals surface area contributed by atoms with Gasteiger partial charge in [0.05, 0.1) is 19.1 Å². The fourth-order valence-corrected chi connectivity index (χ4v) is 1.05. The molecular weight excluding hydrogens is 180 g/mol. The molecule has 0 aliphatic carbocycles. The largest absolute Gasteiger partial charge is 0.469 e. The average Bonchev–Trinajstić information content (AvgIpc) is 2.26. The van der Waals surface area contributed by atoms with Gasteiger partial charge in [-0.3, -0.25) is 4.79 Å². The number of hydrogen-bond acceptors (Lipinski definition) is 3. The molecule has 0 aromatic heterocycles. The summed E-state index contributed by atoms with van der Waals surface area (Å²) in [4.78, 5) is 21.5. The lowest BCUT2D eigenvalue weighted by atomic mass is 10.1. The summed E-state index contributed by atoms with van der Waals surface area (Å²) < 4.78 is 4.47. The molecule has 1 aromatic rings. The average molecular weight is 190 g/mol. The first-order valence-corrected chi connectivity index (χ1v) is 4.14. The number of rotatable bonds is 3. The van der Waals surface area contributed by atoms with E-state index >= 15 is 0 Å². The van der Waals surface area contributed by atoms with Crippen LogP contribution in [0.4, 0.5) is 0 Å². The van der Waals surface area contributed by atoms with Gasteiger partial charge in [-0.2, -0.15) is 0 Å². The molecule has 0 aliphatic rings. The molecular formula is C11H10O3. The Bertz CT molecular complexity index is 361. The molecule has 0 atom stereocenters. The van der Waals surface area contributed by atoms with E-state index in [1.165, 1.54) is 7.11 Å². The van der Waals surface area contributed by atoms with Crippen molar-refractivity contribution in [3.05, 3.63) is 35.9 Å². The van der Waals surface area contributed by atoms with Gasteiger partial charge >= 0.3 is 5.97 Å². The third-order valence-corrected chi connectivity index (χ3v) is 1.79. The predicted octanol–water partition coefficient (Wildman–Crippen LogP) is 1.46. The van der Waals surface area contributed by atoms with Gasteiger partial charge in [-0.15, -0.1) is 0 Å². The van der Waals surface area contributed by atoms with Crippen molar-refractivity contribution in [2.75, 3.05) is 7.11 Å². The molecule has 3 nitrogen and oxygen atoms in total. The number of carbonyl (C=O) groups is 1. The van der Waals surface area contributed by atoms with Crippen LogP contribution in [0, 0.1) is 0 Å². The van der Waals surface area contributed by atoms with Gasteiger partial charge in [-0.25, -0.2) is 4.79 Å². The second-order valence-corrected chi connectivity index (χ2v) is 2.70. The summed E-state index contributed by atoms with van der Waals surface area (Å²) in [5, 5.41) is 0. The van der Waals surface area contributed by atoms with Crippen molar-refractivity contribution in [2.45, 2.75) is 6.42 Å². The minimum Gasteiger partial charge on any atom is -0.469 e. The number of ether oxygens (including phenoxy) is 1. The molecule has 72 valence electrons. The normalized spacial score (nSPS) is 8.93. The number of methoxy groups -OCH3 is 1. The van der Waals surface area contributed by atoms with Crippen LogP contribution in [0.2, 0.25) is 0 Å². The Labute approximate surface area is 82.0 Å². The van der Waals surface area contributed by atoms with Crippen molar-refractivity contribution < 1.29 is 14.3 Å². The lowest BCUT2D eigenvalue weighted by Crippen LogP contribution is -2.01. The Balaban J connectivity index is 2.85.